The van der Waals surface area contributed by atoms with Crippen molar-refractivity contribution in [2.45, 2.75) is 106 Å². The fourth-order valence-corrected chi connectivity index (χ4v) is 7.88. The summed E-state index contributed by atoms with van der Waals surface area (Å²) in [5.41, 5.74) is 0. The summed E-state index contributed by atoms with van der Waals surface area (Å²) >= 11 is 0. The molecule has 2 fully saturated rings. The average Bonchev–Trinajstić information content (AvgIpc) is 3.67. The lowest BCUT2D eigenvalue weighted by Gasteiger charge is -2.35. The maximum Gasteiger partial charge on any atom is 0.507 e. The predicted octanol–water partition coefficient (Wildman–Crippen LogP) is 1.42. The van der Waals surface area contributed by atoms with E-state index in [0.29, 0.717) is 12.8 Å². The van der Waals surface area contributed by atoms with E-state index in [1.54, 1.807) is 24.8 Å². The second kappa shape index (κ2) is 20.2. The van der Waals surface area contributed by atoms with Gasteiger partial charge in [0, 0.05) is 19.0 Å². The number of nitrogens with zero attached hydrogens (tertiary/aromatic N) is 3. The first-order valence-electron chi connectivity index (χ1n) is 17.4. The Labute approximate surface area is 312 Å². The number of likely N-dealkylation sites (tertiary alicyclic amines) is 1. The number of fused-ring (bicyclic) bond motifs is 1. The van der Waals surface area contributed by atoms with E-state index in [1.165, 1.54) is 24.3 Å². The number of ether oxygens (including phenoxy) is 3. The predicted molar refractivity (Wildman–Crippen MR) is 185 cm³/mol. The van der Waals surface area contributed by atoms with Gasteiger partial charge in [0.1, 0.15) is 12.6 Å². The van der Waals surface area contributed by atoms with Gasteiger partial charge in [-0.05, 0) is 56.1 Å². The van der Waals surface area contributed by atoms with Crippen LogP contribution >= 0.6 is 0 Å². The van der Waals surface area contributed by atoms with Gasteiger partial charge in [-0.1, -0.05) is 44.4 Å². The lowest BCUT2D eigenvalue weighted by Crippen LogP contribution is -2.55. The van der Waals surface area contributed by atoms with Gasteiger partial charge >= 0.3 is 23.0 Å². The molecule has 22 heteroatoms. The summed E-state index contributed by atoms with van der Waals surface area (Å²) in [5.74, 6) is -2.20. The minimum atomic E-state index is -4.26. The van der Waals surface area contributed by atoms with Gasteiger partial charge in [-0.2, -0.15) is 8.42 Å². The largest absolute Gasteiger partial charge is 0.507 e. The standard InChI is InChI=1S/C19H32N2O6.C13H15N3O9S2/c1-4-8-14(18(23)26-5-2)20-12(3)17(22)21-15-10-7-6-9-13(15)11-16(21)27-19(24)25;17-11(14-7-9-26(19,20)21)6-8-24-12-13(16(18)25-15-12)27(22,23)10-4-2-1-3-5-10/h12-16,20H,4-11H2,1-3H3,(H,24,25);1-5H,6-9H2,(H,14,17)(H,19,20,21)/t12-,13-,14-,15-,16-;/m0./s1. The van der Waals surface area contributed by atoms with E-state index in [2.05, 4.69) is 20.4 Å². The number of amides is 2. The van der Waals surface area contributed by atoms with Crippen molar-refractivity contribution in [1.82, 2.24) is 20.7 Å². The highest BCUT2D eigenvalue weighted by Crippen LogP contribution is 2.40. The Hall–Kier alpha value is -4.54. The third kappa shape index (κ3) is 12.5. The van der Waals surface area contributed by atoms with Crippen LogP contribution in [0, 0.1) is 11.1 Å². The Bertz CT molecular complexity index is 1790. The van der Waals surface area contributed by atoms with E-state index in [1.807, 2.05) is 6.92 Å². The molecule has 1 aliphatic carbocycles. The molecule has 1 aliphatic heterocycles. The zero-order valence-electron chi connectivity index (χ0n) is 30.1. The van der Waals surface area contributed by atoms with Crippen LogP contribution < -0.4 is 20.3 Å². The number of sulfone groups is 1. The molecule has 1 aromatic heterocycles. The normalized spacial score (nSPS) is 19.3. The molecule has 20 nitrogen and oxygen atoms in total. The SMILES string of the molecule is CCC[C@H](N[C@@H](C)C(=O)N1[C@@H](OC(=O)O)C[C@@H]2CCCC[C@@H]21)C(=O)OCC.O=C(CCOc1no[n+]([O-])c1S(=O)(=O)c1ccccc1)NCCS(=O)(=O)O. The van der Waals surface area contributed by atoms with Crippen LogP contribution in [-0.4, -0.2) is 110 Å². The number of carbonyl (C=O) groups is 4. The second-order valence-electron chi connectivity index (χ2n) is 12.5. The van der Waals surface area contributed by atoms with Crippen molar-refractivity contribution in [3.63, 3.8) is 0 Å². The Balaban J connectivity index is 0.000000290. The number of esters is 1. The average molecular weight is 806 g/mol. The van der Waals surface area contributed by atoms with Crippen LogP contribution in [0.3, 0.4) is 0 Å². The van der Waals surface area contributed by atoms with E-state index in [9.17, 15) is 41.2 Å². The monoisotopic (exact) mass is 805 g/mol. The summed E-state index contributed by atoms with van der Waals surface area (Å²) in [6, 6.07) is 5.88. The van der Waals surface area contributed by atoms with Gasteiger partial charge in [0.2, 0.25) is 11.8 Å². The number of rotatable bonds is 17. The van der Waals surface area contributed by atoms with Gasteiger partial charge in [0.25, 0.3) is 20.0 Å². The lowest BCUT2D eigenvalue weighted by atomic mass is 9.85. The molecule has 4 rings (SSSR count). The zero-order chi connectivity index (χ0) is 40.1. The molecule has 2 amide bonds. The number of hydrogen-bond donors (Lipinski definition) is 4. The molecule has 0 unspecified atom stereocenters. The first-order valence-corrected chi connectivity index (χ1v) is 20.5. The van der Waals surface area contributed by atoms with Crippen molar-refractivity contribution >= 4 is 43.9 Å². The van der Waals surface area contributed by atoms with Crippen LogP contribution in [0.2, 0.25) is 0 Å². The van der Waals surface area contributed by atoms with Gasteiger partial charge in [0.15, 0.2) is 6.23 Å². The lowest BCUT2D eigenvalue weighted by molar-refractivity contribution is -0.832. The Morgan fingerprint density at radius 1 is 1.11 bits per heavy atom. The zero-order valence-corrected chi connectivity index (χ0v) is 31.8. The molecule has 1 saturated heterocycles. The third-order valence-corrected chi connectivity index (χ3v) is 11.1. The van der Waals surface area contributed by atoms with Gasteiger partial charge in [0.05, 0.1) is 34.9 Å². The van der Waals surface area contributed by atoms with E-state index >= 15 is 0 Å². The first-order chi connectivity index (χ1) is 25.5. The Kier molecular flexibility index (Phi) is 16.4. The maximum absolute atomic E-state index is 13.2. The van der Waals surface area contributed by atoms with Crippen LogP contribution in [0.4, 0.5) is 4.79 Å². The second-order valence-corrected chi connectivity index (χ2v) is 15.9. The summed E-state index contributed by atoms with van der Waals surface area (Å²) in [5, 5.41) is 28.4. The number of aromatic nitrogens is 2. The van der Waals surface area contributed by atoms with E-state index < -0.39 is 67.0 Å². The van der Waals surface area contributed by atoms with Gasteiger partial charge in [-0.25, -0.2) is 13.2 Å². The van der Waals surface area contributed by atoms with Crippen molar-refractivity contribution < 1.29 is 69.4 Å². The molecule has 0 spiro atoms. The van der Waals surface area contributed by atoms with Crippen LogP contribution in [0.5, 0.6) is 5.88 Å². The molecule has 1 aromatic carbocycles. The molecule has 2 heterocycles. The summed E-state index contributed by atoms with van der Waals surface area (Å²) in [6.45, 7) is 5.03. The molecule has 2 aromatic rings. The quantitative estimate of drug-likeness (QED) is 0.0999. The van der Waals surface area contributed by atoms with Crippen molar-refractivity contribution in [2.24, 2.45) is 5.92 Å². The minimum absolute atomic E-state index is 0.00654. The minimum Gasteiger partial charge on any atom is -0.465 e. The van der Waals surface area contributed by atoms with Crippen molar-refractivity contribution in [1.29, 1.82) is 0 Å². The molecule has 0 bridgehead atoms. The van der Waals surface area contributed by atoms with Crippen molar-refractivity contribution in [3.8, 4) is 5.88 Å². The number of carbonyl (C=O) groups excluding carboxylic acids is 3. The fraction of sp³-hybridized carbons (Fsp3) is 0.625. The Morgan fingerprint density at radius 2 is 1.80 bits per heavy atom. The summed E-state index contributed by atoms with van der Waals surface area (Å²) in [7, 11) is -8.47. The van der Waals surface area contributed by atoms with E-state index in [-0.39, 0.29) is 59.8 Å². The summed E-state index contributed by atoms with van der Waals surface area (Å²) < 4.78 is 74.1. The first kappa shape index (κ1) is 43.9. The smallest absolute Gasteiger partial charge is 0.465 e. The van der Waals surface area contributed by atoms with Crippen LogP contribution in [-0.2, 0) is 43.8 Å². The molecular weight excluding hydrogens is 759 g/mol. The molecule has 302 valence electrons. The number of hydrogen-bond acceptors (Lipinski definition) is 15. The highest BCUT2D eigenvalue weighted by molar-refractivity contribution is 7.91. The maximum atomic E-state index is 13.2. The molecular formula is C32H47N5O15S2. The van der Waals surface area contributed by atoms with Crippen molar-refractivity contribution in [2.75, 3.05) is 25.5 Å². The fourth-order valence-electron chi connectivity index (χ4n) is 6.23. The third-order valence-electron chi connectivity index (χ3n) is 8.61. The molecule has 0 radical (unpaired) electrons. The number of benzene rings is 1. The highest BCUT2D eigenvalue weighted by Gasteiger charge is 2.47. The highest BCUT2D eigenvalue weighted by atomic mass is 32.2. The van der Waals surface area contributed by atoms with Crippen LogP contribution in [0.1, 0.15) is 72.1 Å². The molecule has 5 atom stereocenters. The number of carboxylic acid groups (broad SMARTS) is 1. The van der Waals surface area contributed by atoms with Gasteiger partial charge < -0.3 is 34.7 Å². The van der Waals surface area contributed by atoms with Gasteiger partial charge in [-0.3, -0.25) is 28.9 Å². The summed E-state index contributed by atoms with van der Waals surface area (Å²) in [6.07, 6.45) is 3.44. The Morgan fingerprint density at radius 3 is 2.43 bits per heavy atom. The van der Waals surface area contributed by atoms with Crippen LogP contribution in [0.15, 0.2) is 44.9 Å². The molecule has 54 heavy (non-hydrogen) atoms. The molecule has 4 N–H and O–H groups in total. The van der Waals surface area contributed by atoms with Crippen LogP contribution in [0.25, 0.3) is 0 Å². The van der Waals surface area contributed by atoms with E-state index in [0.717, 1.165) is 32.1 Å². The molecule has 2 aliphatic rings. The topological polar surface area (TPSA) is 285 Å². The number of nitrogens with one attached hydrogen (secondary N) is 2. The van der Waals surface area contributed by atoms with E-state index in [4.69, 9.17) is 23.9 Å². The molecule has 1 saturated carbocycles. The van der Waals surface area contributed by atoms with Gasteiger partial charge in [-0.15, -0.1) is 0 Å². The van der Waals surface area contributed by atoms with Crippen molar-refractivity contribution in [3.05, 3.63) is 35.5 Å². The summed E-state index contributed by atoms with van der Waals surface area (Å²) in [4.78, 5) is 49.0.